The fourth-order valence-corrected chi connectivity index (χ4v) is 4.77. The molecule has 0 aromatic carbocycles. The van der Waals surface area contributed by atoms with Gasteiger partial charge in [0.15, 0.2) is 0 Å². The molecule has 1 aliphatic heterocycles. The normalized spacial score (nSPS) is 18.5. The van der Waals surface area contributed by atoms with E-state index >= 15 is 0 Å². The lowest BCUT2D eigenvalue weighted by Gasteiger charge is -2.46. The predicted octanol–water partition coefficient (Wildman–Crippen LogP) is 2.86. The van der Waals surface area contributed by atoms with E-state index in [1.54, 1.807) is 30.7 Å². The number of rotatable bonds is 3. The van der Waals surface area contributed by atoms with E-state index in [1.807, 2.05) is 4.68 Å². The number of pyridine rings is 1. The molecule has 4 aromatic heterocycles. The first kappa shape index (κ1) is 19.6. The minimum atomic E-state index is -0.0233. The van der Waals surface area contributed by atoms with Crippen molar-refractivity contribution in [1.82, 2.24) is 45.7 Å². The second-order valence-electron chi connectivity index (χ2n) is 9.51. The summed E-state index contributed by atoms with van der Waals surface area (Å²) in [4.78, 5) is 4.39. The summed E-state index contributed by atoms with van der Waals surface area (Å²) in [6.07, 6.45) is 6.90. The van der Waals surface area contributed by atoms with Crippen LogP contribution in [-0.4, -0.2) is 56.6 Å². The number of aromatic amines is 1. The molecule has 4 aromatic rings. The van der Waals surface area contributed by atoms with Crippen molar-refractivity contribution in [1.29, 1.82) is 0 Å². The van der Waals surface area contributed by atoms with E-state index in [-0.39, 0.29) is 22.9 Å². The van der Waals surface area contributed by atoms with Crippen LogP contribution in [-0.2, 0) is 0 Å². The van der Waals surface area contributed by atoms with Gasteiger partial charge in [0.2, 0.25) is 5.65 Å². The number of aromatic hydroxyl groups is 1. The SMILES string of the molecule is CC1(C)CC(n2nnc3cc(-c4ncc(-c5cn[nH]c5)cc4O)nnc32)CC(C)(C)N1. The molecule has 0 amide bonds. The van der Waals surface area contributed by atoms with Crippen LogP contribution in [0.25, 0.3) is 33.7 Å². The van der Waals surface area contributed by atoms with Gasteiger partial charge in [-0.1, -0.05) is 5.21 Å². The molecule has 10 nitrogen and oxygen atoms in total. The molecular weight excluding hydrogens is 394 g/mol. The van der Waals surface area contributed by atoms with Crippen LogP contribution < -0.4 is 5.32 Å². The van der Waals surface area contributed by atoms with Gasteiger partial charge in [-0.25, -0.2) is 9.67 Å². The Hall–Kier alpha value is -3.40. The van der Waals surface area contributed by atoms with Crippen LogP contribution in [0.4, 0.5) is 0 Å². The van der Waals surface area contributed by atoms with Crippen molar-refractivity contribution in [2.75, 3.05) is 0 Å². The maximum absolute atomic E-state index is 10.5. The van der Waals surface area contributed by atoms with Gasteiger partial charge < -0.3 is 10.4 Å². The van der Waals surface area contributed by atoms with Crippen molar-refractivity contribution in [3.8, 4) is 28.3 Å². The number of piperidine rings is 1. The average Bonchev–Trinajstić information content (AvgIpc) is 3.35. The first-order valence-electron chi connectivity index (χ1n) is 10.3. The molecule has 0 bridgehead atoms. The number of nitrogens with one attached hydrogen (secondary N) is 2. The van der Waals surface area contributed by atoms with E-state index in [9.17, 15) is 5.11 Å². The average molecular weight is 419 g/mol. The van der Waals surface area contributed by atoms with Crippen molar-refractivity contribution < 1.29 is 5.11 Å². The molecule has 10 heteroatoms. The van der Waals surface area contributed by atoms with E-state index < -0.39 is 0 Å². The molecule has 160 valence electrons. The highest BCUT2D eigenvalue weighted by Crippen LogP contribution is 2.37. The van der Waals surface area contributed by atoms with Gasteiger partial charge in [-0.3, -0.25) is 5.10 Å². The molecule has 0 aliphatic carbocycles. The molecular formula is C21H25N9O. The fraction of sp³-hybridized carbons (Fsp3) is 0.429. The topological polar surface area (TPSA) is 130 Å². The summed E-state index contributed by atoms with van der Waals surface area (Å²) in [6, 6.07) is 3.56. The van der Waals surface area contributed by atoms with E-state index in [2.05, 4.69) is 68.7 Å². The van der Waals surface area contributed by atoms with Gasteiger partial charge >= 0.3 is 0 Å². The highest BCUT2D eigenvalue weighted by Gasteiger charge is 2.39. The number of aromatic nitrogens is 8. The summed E-state index contributed by atoms with van der Waals surface area (Å²) in [5.41, 5.74) is 3.60. The van der Waals surface area contributed by atoms with Gasteiger partial charge in [0.25, 0.3) is 0 Å². The number of nitrogens with zero attached hydrogens (tertiary/aromatic N) is 7. The second kappa shape index (κ2) is 6.81. The first-order valence-corrected chi connectivity index (χ1v) is 10.3. The molecule has 0 unspecified atom stereocenters. The largest absolute Gasteiger partial charge is 0.506 e. The Labute approximate surface area is 179 Å². The highest BCUT2D eigenvalue weighted by atomic mass is 16.3. The quantitative estimate of drug-likeness (QED) is 0.462. The third kappa shape index (κ3) is 3.63. The maximum atomic E-state index is 10.5. The molecule has 31 heavy (non-hydrogen) atoms. The number of hydrogen-bond acceptors (Lipinski definition) is 8. The fourth-order valence-electron chi connectivity index (χ4n) is 4.77. The summed E-state index contributed by atoms with van der Waals surface area (Å²) in [5, 5.41) is 38.3. The summed E-state index contributed by atoms with van der Waals surface area (Å²) in [6.45, 7) is 8.80. The molecule has 1 saturated heterocycles. The second-order valence-corrected chi connectivity index (χ2v) is 9.51. The lowest BCUT2D eigenvalue weighted by Crippen LogP contribution is -2.58. The zero-order chi connectivity index (χ0) is 21.8. The summed E-state index contributed by atoms with van der Waals surface area (Å²) < 4.78 is 1.88. The van der Waals surface area contributed by atoms with Crippen molar-refractivity contribution in [3.63, 3.8) is 0 Å². The maximum Gasteiger partial charge on any atom is 0.201 e. The third-order valence-electron chi connectivity index (χ3n) is 5.68. The Kier molecular flexibility index (Phi) is 4.30. The van der Waals surface area contributed by atoms with E-state index in [0.29, 0.717) is 22.6 Å². The van der Waals surface area contributed by atoms with Crippen molar-refractivity contribution in [2.24, 2.45) is 0 Å². The number of H-pyrrole nitrogens is 1. The minimum absolute atomic E-state index is 0.0154. The van der Waals surface area contributed by atoms with Crippen LogP contribution in [0.15, 0.2) is 30.7 Å². The Morgan fingerprint density at radius 2 is 1.77 bits per heavy atom. The highest BCUT2D eigenvalue weighted by molar-refractivity contribution is 5.77. The summed E-state index contributed by atoms with van der Waals surface area (Å²) >= 11 is 0. The molecule has 0 saturated carbocycles. The third-order valence-corrected chi connectivity index (χ3v) is 5.68. The predicted molar refractivity (Wildman–Crippen MR) is 115 cm³/mol. The van der Waals surface area contributed by atoms with Crippen LogP contribution in [0.5, 0.6) is 5.75 Å². The molecule has 5 heterocycles. The summed E-state index contributed by atoms with van der Waals surface area (Å²) in [7, 11) is 0. The van der Waals surface area contributed by atoms with E-state index in [4.69, 9.17) is 0 Å². The Morgan fingerprint density at radius 1 is 1.00 bits per heavy atom. The first-order chi connectivity index (χ1) is 14.7. The Balaban J connectivity index is 1.49. The Morgan fingerprint density at radius 3 is 2.45 bits per heavy atom. The van der Waals surface area contributed by atoms with Gasteiger partial charge in [0.05, 0.1) is 12.2 Å². The summed E-state index contributed by atoms with van der Waals surface area (Å²) in [5.74, 6) is 0.0154. The molecule has 1 aliphatic rings. The van der Waals surface area contributed by atoms with Gasteiger partial charge in [-0.2, -0.15) is 5.10 Å². The standard InChI is InChI=1S/C21H25N9O/c1-20(2)7-14(8-21(3,4)28-20)30-19-16(26-29-30)6-15(25-27-19)18-17(31)5-12(9-22-18)13-10-23-24-11-13/h5-6,9-11,14,28,31H,7-8H2,1-4H3,(H,23,24). The smallest absolute Gasteiger partial charge is 0.201 e. The molecule has 5 rings (SSSR count). The van der Waals surface area contributed by atoms with Crippen LogP contribution in [0.2, 0.25) is 0 Å². The van der Waals surface area contributed by atoms with Crippen LogP contribution in [0.1, 0.15) is 46.6 Å². The van der Waals surface area contributed by atoms with Crippen LogP contribution in [0.3, 0.4) is 0 Å². The lowest BCUT2D eigenvalue weighted by molar-refractivity contribution is 0.127. The van der Waals surface area contributed by atoms with E-state index in [1.165, 1.54) is 0 Å². The molecule has 0 spiro atoms. The van der Waals surface area contributed by atoms with Crippen molar-refractivity contribution in [3.05, 3.63) is 30.7 Å². The van der Waals surface area contributed by atoms with E-state index in [0.717, 1.165) is 24.0 Å². The zero-order valence-corrected chi connectivity index (χ0v) is 18.0. The molecule has 0 radical (unpaired) electrons. The lowest BCUT2D eigenvalue weighted by atomic mass is 9.80. The van der Waals surface area contributed by atoms with Gasteiger partial charge in [-0.05, 0) is 52.7 Å². The van der Waals surface area contributed by atoms with Crippen LogP contribution in [0, 0.1) is 0 Å². The molecule has 1 fully saturated rings. The number of hydrogen-bond donors (Lipinski definition) is 3. The minimum Gasteiger partial charge on any atom is -0.506 e. The zero-order valence-electron chi connectivity index (χ0n) is 18.0. The van der Waals surface area contributed by atoms with Crippen LogP contribution >= 0.6 is 0 Å². The van der Waals surface area contributed by atoms with Gasteiger partial charge in [0, 0.05) is 34.6 Å². The molecule has 3 N–H and O–H groups in total. The monoisotopic (exact) mass is 419 g/mol. The van der Waals surface area contributed by atoms with Gasteiger partial charge in [0.1, 0.15) is 22.7 Å². The van der Waals surface area contributed by atoms with Crippen molar-refractivity contribution >= 4 is 11.2 Å². The molecule has 0 atom stereocenters. The van der Waals surface area contributed by atoms with Crippen molar-refractivity contribution in [2.45, 2.75) is 57.7 Å². The Bertz CT molecular complexity index is 1230. The number of fused-ring (bicyclic) bond motifs is 1. The van der Waals surface area contributed by atoms with Gasteiger partial charge in [-0.15, -0.1) is 15.3 Å².